The lowest BCUT2D eigenvalue weighted by atomic mass is 10.2. The molecule has 0 saturated heterocycles. The Bertz CT molecular complexity index is 1170. The van der Waals surface area contributed by atoms with Gasteiger partial charge < -0.3 is 9.40 Å². The van der Waals surface area contributed by atoms with Crippen molar-refractivity contribution in [2.75, 3.05) is 0 Å². The Balaban J connectivity index is 1.69. The van der Waals surface area contributed by atoms with Crippen molar-refractivity contribution in [3.8, 4) is 17.4 Å². The number of allylic oxidation sites excluding steroid dienone is 1. The summed E-state index contributed by atoms with van der Waals surface area (Å²) in [5.41, 5.74) is 2.29. The first-order chi connectivity index (χ1) is 12.6. The lowest BCUT2D eigenvalue weighted by molar-refractivity contribution is 0.572. The number of H-pyrrole nitrogens is 1. The zero-order valence-corrected chi connectivity index (χ0v) is 14.1. The monoisotopic (exact) mass is 363 g/mol. The smallest absolute Gasteiger partial charge is 0.149 e. The molecule has 2 aromatic heterocycles. The largest absolute Gasteiger partial charge is 0.457 e. The molecule has 0 aliphatic heterocycles. The second-order valence-electron chi connectivity index (χ2n) is 5.63. The fraction of sp³-hybridized carbons (Fsp3) is 0. The van der Waals surface area contributed by atoms with E-state index in [1.54, 1.807) is 30.3 Å². The van der Waals surface area contributed by atoms with E-state index in [2.05, 4.69) is 16.0 Å². The maximum absolute atomic E-state index is 13.3. The SMILES string of the molecule is N#C/C(=C/c1ccc(-c2ccc(Cl)cc2)o1)c1nc2ccc(F)cc2[nH]1. The molecule has 4 rings (SSSR count). The first-order valence-electron chi connectivity index (χ1n) is 7.75. The Hall–Kier alpha value is -3.36. The summed E-state index contributed by atoms with van der Waals surface area (Å²) < 4.78 is 19.1. The van der Waals surface area contributed by atoms with Gasteiger partial charge in [0.1, 0.15) is 29.2 Å². The number of fused-ring (bicyclic) bond motifs is 1. The summed E-state index contributed by atoms with van der Waals surface area (Å²) in [5, 5.41) is 10.1. The van der Waals surface area contributed by atoms with Crippen LogP contribution in [0.25, 0.3) is 34.0 Å². The molecule has 0 radical (unpaired) electrons. The molecular weight excluding hydrogens is 353 g/mol. The molecule has 4 aromatic rings. The quantitative estimate of drug-likeness (QED) is 0.476. The number of nitrogens with one attached hydrogen (secondary N) is 1. The number of imidazole rings is 1. The molecule has 2 aromatic carbocycles. The van der Waals surface area contributed by atoms with Crippen molar-refractivity contribution in [1.29, 1.82) is 5.26 Å². The van der Waals surface area contributed by atoms with Crippen LogP contribution in [-0.4, -0.2) is 9.97 Å². The predicted molar refractivity (Wildman–Crippen MR) is 98.7 cm³/mol. The summed E-state index contributed by atoms with van der Waals surface area (Å²) in [6.45, 7) is 0. The van der Waals surface area contributed by atoms with E-state index in [1.165, 1.54) is 12.1 Å². The van der Waals surface area contributed by atoms with Crippen LogP contribution in [0.2, 0.25) is 5.02 Å². The van der Waals surface area contributed by atoms with Crippen LogP contribution in [0.3, 0.4) is 0 Å². The van der Waals surface area contributed by atoms with Gasteiger partial charge in [-0.15, -0.1) is 0 Å². The number of nitriles is 1. The number of nitrogens with zero attached hydrogens (tertiary/aromatic N) is 2. The second kappa shape index (κ2) is 6.51. The highest BCUT2D eigenvalue weighted by atomic mass is 35.5. The van der Waals surface area contributed by atoms with E-state index >= 15 is 0 Å². The molecule has 2 heterocycles. The number of rotatable bonds is 3. The summed E-state index contributed by atoms with van der Waals surface area (Å²) in [7, 11) is 0. The van der Waals surface area contributed by atoms with Gasteiger partial charge in [0.15, 0.2) is 0 Å². The lowest BCUT2D eigenvalue weighted by Crippen LogP contribution is -1.84. The van der Waals surface area contributed by atoms with E-state index in [-0.39, 0.29) is 5.82 Å². The van der Waals surface area contributed by atoms with Crippen LogP contribution in [0.5, 0.6) is 0 Å². The molecule has 0 spiro atoms. The van der Waals surface area contributed by atoms with Crippen LogP contribution >= 0.6 is 11.6 Å². The Morgan fingerprint density at radius 2 is 1.96 bits per heavy atom. The fourth-order valence-electron chi connectivity index (χ4n) is 2.60. The number of hydrogen-bond donors (Lipinski definition) is 1. The molecule has 0 atom stereocenters. The zero-order chi connectivity index (χ0) is 18.1. The molecule has 4 nitrogen and oxygen atoms in total. The molecular formula is C20H11ClFN3O. The summed E-state index contributed by atoms with van der Waals surface area (Å²) in [5.74, 6) is 1.17. The standard InChI is InChI=1S/C20H11ClFN3O/c21-14-3-1-12(2-4-14)19-8-6-16(26-19)9-13(11-23)20-24-17-7-5-15(22)10-18(17)25-20/h1-10H,(H,24,25)/b13-9-. The molecule has 1 N–H and O–H groups in total. The third-order valence-corrected chi connectivity index (χ3v) is 4.11. The van der Waals surface area contributed by atoms with Gasteiger partial charge in [-0.05, 0) is 54.6 Å². The van der Waals surface area contributed by atoms with Crippen molar-refractivity contribution in [2.24, 2.45) is 0 Å². The van der Waals surface area contributed by atoms with Gasteiger partial charge in [-0.1, -0.05) is 11.6 Å². The first kappa shape index (κ1) is 16.1. The van der Waals surface area contributed by atoms with Crippen LogP contribution in [0.4, 0.5) is 4.39 Å². The van der Waals surface area contributed by atoms with Crippen molar-refractivity contribution in [1.82, 2.24) is 9.97 Å². The summed E-state index contributed by atoms with van der Waals surface area (Å²) in [6.07, 6.45) is 1.59. The van der Waals surface area contributed by atoms with Crippen LogP contribution in [-0.2, 0) is 0 Å². The van der Waals surface area contributed by atoms with Crippen molar-refractivity contribution in [3.05, 3.63) is 77.0 Å². The van der Waals surface area contributed by atoms with E-state index in [0.29, 0.717) is 39.0 Å². The number of benzene rings is 2. The lowest BCUT2D eigenvalue weighted by Gasteiger charge is -1.97. The third-order valence-electron chi connectivity index (χ3n) is 3.86. The summed E-state index contributed by atoms with van der Waals surface area (Å²) in [6, 6.07) is 17.2. The molecule has 126 valence electrons. The Kier molecular flexibility index (Phi) is 4.04. The van der Waals surface area contributed by atoms with Crippen molar-refractivity contribution < 1.29 is 8.81 Å². The van der Waals surface area contributed by atoms with E-state index in [4.69, 9.17) is 16.0 Å². The Morgan fingerprint density at radius 3 is 2.73 bits per heavy atom. The molecule has 0 amide bonds. The first-order valence-corrected chi connectivity index (χ1v) is 8.13. The average molecular weight is 364 g/mol. The topological polar surface area (TPSA) is 65.6 Å². The van der Waals surface area contributed by atoms with Gasteiger partial charge in [-0.25, -0.2) is 9.37 Å². The van der Waals surface area contributed by atoms with Gasteiger partial charge in [0.05, 0.1) is 16.6 Å². The number of aromatic nitrogens is 2. The van der Waals surface area contributed by atoms with Crippen LogP contribution in [0, 0.1) is 17.1 Å². The third kappa shape index (κ3) is 3.10. The molecule has 26 heavy (non-hydrogen) atoms. The molecule has 6 heteroatoms. The van der Waals surface area contributed by atoms with Gasteiger partial charge >= 0.3 is 0 Å². The minimum atomic E-state index is -0.367. The van der Waals surface area contributed by atoms with E-state index in [1.807, 2.05) is 18.2 Å². The fourth-order valence-corrected chi connectivity index (χ4v) is 2.73. The summed E-state index contributed by atoms with van der Waals surface area (Å²) in [4.78, 5) is 7.28. The molecule has 0 aliphatic carbocycles. The molecule has 0 fully saturated rings. The zero-order valence-electron chi connectivity index (χ0n) is 13.3. The van der Waals surface area contributed by atoms with E-state index in [9.17, 15) is 9.65 Å². The summed E-state index contributed by atoms with van der Waals surface area (Å²) >= 11 is 5.89. The van der Waals surface area contributed by atoms with E-state index in [0.717, 1.165) is 5.56 Å². The molecule has 0 aliphatic rings. The number of hydrogen-bond acceptors (Lipinski definition) is 3. The van der Waals surface area contributed by atoms with Crippen molar-refractivity contribution in [2.45, 2.75) is 0 Å². The number of furan rings is 1. The highest BCUT2D eigenvalue weighted by Gasteiger charge is 2.10. The van der Waals surface area contributed by atoms with Crippen molar-refractivity contribution >= 4 is 34.3 Å². The molecule has 0 bridgehead atoms. The van der Waals surface area contributed by atoms with Crippen LogP contribution < -0.4 is 0 Å². The second-order valence-corrected chi connectivity index (χ2v) is 6.06. The Labute approximate surface area is 153 Å². The van der Waals surface area contributed by atoms with Crippen molar-refractivity contribution in [3.63, 3.8) is 0 Å². The van der Waals surface area contributed by atoms with Crippen LogP contribution in [0.1, 0.15) is 11.6 Å². The highest BCUT2D eigenvalue weighted by Crippen LogP contribution is 2.26. The molecule has 0 unspecified atom stereocenters. The number of aromatic amines is 1. The molecule has 0 saturated carbocycles. The van der Waals surface area contributed by atoms with Gasteiger partial charge in [0.25, 0.3) is 0 Å². The average Bonchev–Trinajstić information content (AvgIpc) is 3.26. The highest BCUT2D eigenvalue weighted by molar-refractivity contribution is 6.30. The minimum absolute atomic E-state index is 0.290. The van der Waals surface area contributed by atoms with E-state index < -0.39 is 0 Å². The Morgan fingerprint density at radius 1 is 1.15 bits per heavy atom. The van der Waals surface area contributed by atoms with Gasteiger partial charge in [-0.3, -0.25) is 0 Å². The minimum Gasteiger partial charge on any atom is -0.457 e. The number of halogens is 2. The normalized spacial score (nSPS) is 11.7. The maximum Gasteiger partial charge on any atom is 0.149 e. The van der Waals surface area contributed by atoms with Gasteiger partial charge in [0.2, 0.25) is 0 Å². The maximum atomic E-state index is 13.3. The van der Waals surface area contributed by atoms with Gasteiger partial charge in [-0.2, -0.15) is 5.26 Å². The van der Waals surface area contributed by atoms with Crippen LogP contribution in [0.15, 0.2) is 59.0 Å². The van der Waals surface area contributed by atoms with Gasteiger partial charge in [0, 0.05) is 16.7 Å². The predicted octanol–water partition coefficient (Wildman–Crippen LogP) is 5.68.